The number of hydrogen-bond acceptors (Lipinski definition) is 5. The molecule has 0 aromatic rings. The van der Waals surface area contributed by atoms with Crippen molar-refractivity contribution in [3.05, 3.63) is 0 Å². The lowest BCUT2D eigenvalue weighted by molar-refractivity contribution is -0.191. The fraction of sp³-hybridized carbons (Fsp3) is 0.750. The van der Waals surface area contributed by atoms with Crippen LogP contribution in [-0.4, -0.2) is 31.2 Å². The van der Waals surface area contributed by atoms with Gasteiger partial charge in [0.05, 0.1) is 12.5 Å². The topological polar surface area (TPSA) is 60.4 Å². The van der Waals surface area contributed by atoms with Gasteiger partial charge < -0.3 is 4.74 Å². The SMILES string of the molecule is COC(=O)C(C)(C)CSC.O=C=O. The van der Waals surface area contributed by atoms with Gasteiger partial charge in [-0.1, -0.05) is 0 Å². The van der Waals surface area contributed by atoms with Crippen molar-refractivity contribution in [2.75, 3.05) is 19.1 Å². The Morgan fingerprint density at radius 3 is 2.08 bits per heavy atom. The Morgan fingerprint density at radius 2 is 1.85 bits per heavy atom. The number of carbonyl (C=O) groups excluding carboxylic acids is 3. The summed E-state index contributed by atoms with van der Waals surface area (Å²) in [5.74, 6) is 0.668. The van der Waals surface area contributed by atoms with Gasteiger partial charge in [-0.15, -0.1) is 0 Å². The molecule has 0 unspecified atom stereocenters. The van der Waals surface area contributed by atoms with Crippen molar-refractivity contribution in [3.8, 4) is 0 Å². The second-order valence-corrected chi connectivity index (χ2v) is 3.76. The second-order valence-electron chi connectivity index (χ2n) is 2.89. The van der Waals surface area contributed by atoms with Crippen molar-refractivity contribution >= 4 is 23.9 Å². The molecule has 0 aromatic carbocycles. The van der Waals surface area contributed by atoms with E-state index in [0.29, 0.717) is 0 Å². The molecule has 5 heteroatoms. The second kappa shape index (κ2) is 7.83. The summed E-state index contributed by atoms with van der Waals surface area (Å²) < 4.78 is 4.62. The predicted octanol–water partition coefficient (Wildman–Crippen LogP) is 0.965. The number of ether oxygens (including phenoxy) is 1. The molecule has 76 valence electrons. The summed E-state index contributed by atoms with van der Waals surface area (Å²) in [6, 6.07) is 0. The van der Waals surface area contributed by atoms with E-state index in [0.717, 1.165) is 5.75 Å². The van der Waals surface area contributed by atoms with E-state index >= 15 is 0 Å². The first-order chi connectivity index (χ1) is 5.96. The molecular formula is C8H14O4S. The zero-order chi connectivity index (χ0) is 10.9. The zero-order valence-corrected chi connectivity index (χ0v) is 9.06. The summed E-state index contributed by atoms with van der Waals surface area (Å²) in [6.07, 6.45) is 2.23. The van der Waals surface area contributed by atoms with Crippen LogP contribution in [0.5, 0.6) is 0 Å². The smallest absolute Gasteiger partial charge is 0.373 e. The minimum absolute atomic E-state index is 0.137. The van der Waals surface area contributed by atoms with E-state index in [2.05, 4.69) is 4.74 Å². The van der Waals surface area contributed by atoms with Crippen molar-refractivity contribution in [2.24, 2.45) is 5.41 Å². The number of hydrogen-bond donors (Lipinski definition) is 0. The molecule has 0 aromatic heterocycles. The largest absolute Gasteiger partial charge is 0.469 e. The Kier molecular flexibility index (Phi) is 8.86. The Labute approximate surface area is 82.0 Å². The summed E-state index contributed by atoms with van der Waals surface area (Å²) in [7, 11) is 1.42. The van der Waals surface area contributed by atoms with Crippen LogP contribution in [0, 0.1) is 5.41 Å². The molecule has 0 N–H and O–H groups in total. The van der Waals surface area contributed by atoms with Crippen molar-refractivity contribution < 1.29 is 19.1 Å². The molecule has 13 heavy (non-hydrogen) atoms. The van der Waals surface area contributed by atoms with Gasteiger partial charge in [0.2, 0.25) is 0 Å². The third-order valence-corrected chi connectivity index (χ3v) is 2.25. The maximum atomic E-state index is 11.0. The third kappa shape index (κ3) is 7.56. The van der Waals surface area contributed by atoms with Gasteiger partial charge in [-0.25, -0.2) is 0 Å². The molecular weight excluding hydrogens is 192 g/mol. The fourth-order valence-corrected chi connectivity index (χ4v) is 1.54. The molecule has 0 atom stereocenters. The first-order valence-corrected chi connectivity index (χ1v) is 4.92. The van der Waals surface area contributed by atoms with Gasteiger partial charge in [0, 0.05) is 5.75 Å². The number of thioether (sulfide) groups is 1. The number of rotatable bonds is 3. The van der Waals surface area contributed by atoms with Crippen LogP contribution in [0.3, 0.4) is 0 Å². The number of methoxy groups -OCH3 is 1. The van der Waals surface area contributed by atoms with Crippen LogP contribution in [0.4, 0.5) is 0 Å². The van der Waals surface area contributed by atoms with Gasteiger partial charge in [0.25, 0.3) is 0 Å². The molecule has 0 amide bonds. The average molecular weight is 206 g/mol. The van der Waals surface area contributed by atoms with E-state index < -0.39 is 0 Å². The highest BCUT2D eigenvalue weighted by atomic mass is 32.2. The molecule has 0 saturated carbocycles. The summed E-state index contributed by atoms with van der Waals surface area (Å²) >= 11 is 1.65. The number of esters is 1. The first-order valence-electron chi connectivity index (χ1n) is 3.53. The van der Waals surface area contributed by atoms with Crippen LogP contribution in [0.2, 0.25) is 0 Å². The lowest BCUT2D eigenvalue weighted by Crippen LogP contribution is -2.27. The average Bonchev–Trinajstić information content (AvgIpc) is 2.04. The Hall–Kier alpha value is -0.800. The minimum atomic E-state index is -0.339. The lowest BCUT2D eigenvalue weighted by atomic mass is 9.97. The normalized spacial score (nSPS) is 9.23. The van der Waals surface area contributed by atoms with Crippen molar-refractivity contribution in [1.29, 1.82) is 0 Å². The quantitative estimate of drug-likeness (QED) is 0.644. The molecule has 0 aliphatic rings. The molecule has 0 rings (SSSR count). The van der Waals surface area contributed by atoms with E-state index in [1.54, 1.807) is 11.8 Å². The minimum Gasteiger partial charge on any atom is -0.469 e. The molecule has 0 aliphatic heterocycles. The first kappa shape index (κ1) is 14.7. The molecule has 0 bridgehead atoms. The summed E-state index contributed by atoms with van der Waals surface area (Å²) in [4.78, 5) is 27.2. The molecule has 0 aliphatic carbocycles. The summed E-state index contributed by atoms with van der Waals surface area (Å²) in [5, 5.41) is 0. The molecule has 0 heterocycles. The van der Waals surface area contributed by atoms with Crippen LogP contribution < -0.4 is 0 Å². The molecule has 0 spiro atoms. The monoisotopic (exact) mass is 206 g/mol. The highest BCUT2D eigenvalue weighted by molar-refractivity contribution is 7.98. The van der Waals surface area contributed by atoms with Crippen LogP contribution in [-0.2, 0) is 19.1 Å². The van der Waals surface area contributed by atoms with E-state index in [4.69, 9.17) is 9.59 Å². The Balaban J connectivity index is 0. The summed E-state index contributed by atoms with van der Waals surface area (Å²) in [5.41, 5.74) is -0.339. The van der Waals surface area contributed by atoms with Gasteiger partial charge in [0.1, 0.15) is 0 Å². The van der Waals surface area contributed by atoms with E-state index in [1.165, 1.54) is 7.11 Å². The van der Waals surface area contributed by atoms with E-state index in [-0.39, 0.29) is 17.5 Å². The lowest BCUT2D eigenvalue weighted by Gasteiger charge is -2.19. The van der Waals surface area contributed by atoms with Gasteiger partial charge in [-0.05, 0) is 20.1 Å². The highest BCUT2D eigenvalue weighted by Gasteiger charge is 2.27. The van der Waals surface area contributed by atoms with Gasteiger partial charge >= 0.3 is 12.1 Å². The fourth-order valence-electron chi connectivity index (χ4n) is 0.696. The molecule has 4 nitrogen and oxygen atoms in total. The Bertz CT molecular complexity index is 183. The van der Waals surface area contributed by atoms with E-state index in [1.807, 2.05) is 20.1 Å². The van der Waals surface area contributed by atoms with Crippen LogP contribution >= 0.6 is 11.8 Å². The van der Waals surface area contributed by atoms with Crippen molar-refractivity contribution in [1.82, 2.24) is 0 Å². The maximum absolute atomic E-state index is 11.0. The van der Waals surface area contributed by atoms with Gasteiger partial charge in [-0.2, -0.15) is 21.4 Å². The molecule has 0 saturated heterocycles. The molecule has 0 radical (unpaired) electrons. The van der Waals surface area contributed by atoms with Crippen LogP contribution in [0.25, 0.3) is 0 Å². The van der Waals surface area contributed by atoms with E-state index in [9.17, 15) is 4.79 Å². The number of carbonyl (C=O) groups is 1. The zero-order valence-electron chi connectivity index (χ0n) is 8.25. The van der Waals surface area contributed by atoms with Crippen LogP contribution in [0.1, 0.15) is 13.8 Å². The maximum Gasteiger partial charge on any atom is 0.373 e. The van der Waals surface area contributed by atoms with Gasteiger partial charge in [0.15, 0.2) is 0 Å². The van der Waals surface area contributed by atoms with Crippen molar-refractivity contribution in [2.45, 2.75) is 13.8 Å². The predicted molar refractivity (Wildman–Crippen MR) is 49.2 cm³/mol. The van der Waals surface area contributed by atoms with Gasteiger partial charge in [-0.3, -0.25) is 4.79 Å². The standard InChI is InChI=1S/C7H14O2S.CO2/c1-7(2,5-10-4)6(8)9-3;2-1-3/h5H2,1-4H3;. The third-order valence-electron chi connectivity index (χ3n) is 1.24. The Morgan fingerprint density at radius 1 is 1.46 bits per heavy atom. The van der Waals surface area contributed by atoms with Crippen LogP contribution in [0.15, 0.2) is 0 Å². The van der Waals surface area contributed by atoms with Crippen molar-refractivity contribution in [3.63, 3.8) is 0 Å². The summed E-state index contributed by atoms with van der Waals surface area (Å²) in [6.45, 7) is 3.77. The molecule has 0 fully saturated rings. The highest BCUT2D eigenvalue weighted by Crippen LogP contribution is 2.21.